The lowest BCUT2D eigenvalue weighted by Crippen LogP contribution is -2.90. The average molecular weight is 392 g/mol. The minimum Gasteiger partial charge on any atom is -0.493 e. The van der Waals surface area contributed by atoms with Gasteiger partial charge in [-0.15, -0.1) is 11.3 Å². The normalized spacial score (nSPS) is 10.9. The molecular formula is C21H31N2O3S+. The van der Waals surface area contributed by atoms with E-state index in [2.05, 4.69) is 38.2 Å². The fraction of sp³-hybridized carbons (Fsp3) is 0.476. The number of thiophene rings is 1. The predicted octanol–water partition coefficient (Wildman–Crippen LogP) is 2.62. The Balaban J connectivity index is 2.07. The fourth-order valence-electron chi connectivity index (χ4n) is 2.82. The van der Waals surface area contributed by atoms with E-state index in [-0.39, 0.29) is 5.91 Å². The highest BCUT2D eigenvalue weighted by Gasteiger charge is 2.17. The molecule has 0 saturated heterocycles. The number of hydrogen-bond acceptors (Lipinski definition) is 4. The number of hydrogen-bond donors (Lipinski definition) is 1. The molecule has 2 aromatic rings. The summed E-state index contributed by atoms with van der Waals surface area (Å²) in [6, 6.07) is 10.6. The van der Waals surface area contributed by atoms with Gasteiger partial charge in [0.1, 0.15) is 0 Å². The lowest BCUT2D eigenvalue weighted by Gasteiger charge is -2.22. The number of carbonyl (C=O) groups excluding carboxylic acids is 1. The molecule has 5 nitrogen and oxygen atoms in total. The van der Waals surface area contributed by atoms with E-state index in [0.29, 0.717) is 25.7 Å². The van der Waals surface area contributed by atoms with Crippen molar-refractivity contribution in [3.05, 3.63) is 45.6 Å². The van der Waals surface area contributed by atoms with Crippen LogP contribution in [0.5, 0.6) is 11.5 Å². The third-order valence-corrected chi connectivity index (χ3v) is 5.36. The number of ether oxygens (including phenoxy) is 2. The summed E-state index contributed by atoms with van der Waals surface area (Å²) in [7, 11) is 3.27. The molecule has 0 bridgehead atoms. The van der Waals surface area contributed by atoms with Crippen molar-refractivity contribution in [1.29, 1.82) is 0 Å². The highest BCUT2D eigenvalue weighted by Crippen LogP contribution is 2.28. The van der Waals surface area contributed by atoms with Crippen LogP contribution in [0.25, 0.3) is 0 Å². The number of aryl methyl sites for hydroxylation is 1. The van der Waals surface area contributed by atoms with Gasteiger partial charge in [-0.1, -0.05) is 6.07 Å². The van der Waals surface area contributed by atoms with E-state index in [9.17, 15) is 4.79 Å². The molecule has 0 fully saturated rings. The third-order valence-electron chi connectivity index (χ3n) is 4.38. The first kappa shape index (κ1) is 21.3. The van der Waals surface area contributed by atoms with Gasteiger partial charge < -0.3 is 19.7 Å². The molecule has 2 N–H and O–H groups in total. The molecule has 0 atom stereocenters. The van der Waals surface area contributed by atoms with Gasteiger partial charge in [-0.3, -0.25) is 4.79 Å². The summed E-state index contributed by atoms with van der Waals surface area (Å²) in [6.07, 6.45) is 0.776. The molecule has 0 saturated carbocycles. The van der Waals surface area contributed by atoms with Crippen molar-refractivity contribution in [2.75, 3.05) is 27.3 Å². The first-order chi connectivity index (χ1) is 12.9. The second-order valence-corrected chi connectivity index (χ2v) is 8.32. The van der Waals surface area contributed by atoms with E-state index in [1.807, 2.05) is 23.1 Å². The number of amides is 1. The van der Waals surface area contributed by atoms with Crippen molar-refractivity contribution < 1.29 is 19.6 Å². The SMILES string of the molecule is COc1ccc(CCN(Cc2ccc(C)s2)C(=O)C[NH2+]C(C)C)cc1OC. The molecule has 1 heterocycles. The number of rotatable bonds is 10. The Morgan fingerprint density at radius 2 is 1.89 bits per heavy atom. The van der Waals surface area contributed by atoms with Gasteiger partial charge in [0.15, 0.2) is 18.0 Å². The molecule has 2 rings (SSSR count). The summed E-state index contributed by atoms with van der Waals surface area (Å²) >= 11 is 1.75. The zero-order valence-corrected chi connectivity index (χ0v) is 17.8. The Morgan fingerprint density at radius 3 is 2.48 bits per heavy atom. The topological polar surface area (TPSA) is 55.4 Å². The van der Waals surface area contributed by atoms with Gasteiger partial charge in [-0.25, -0.2) is 0 Å². The summed E-state index contributed by atoms with van der Waals surface area (Å²) < 4.78 is 10.7. The van der Waals surface area contributed by atoms with Crippen molar-refractivity contribution in [2.24, 2.45) is 0 Å². The molecule has 1 aromatic carbocycles. The van der Waals surface area contributed by atoms with Gasteiger partial charge in [0.2, 0.25) is 0 Å². The van der Waals surface area contributed by atoms with Crippen LogP contribution < -0.4 is 14.8 Å². The molecule has 148 valence electrons. The molecule has 27 heavy (non-hydrogen) atoms. The van der Waals surface area contributed by atoms with Crippen LogP contribution >= 0.6 is 11.3 Å². The maximum atomic E-state index is 12.8. The second kappa shape index (κ2) is 10.3. The van der Waals surface area contributed by atoms with Crippen LogP contribution in [0.2, 0.25) is 0 Å². The first-order valence-corrected chi connectivity index (χ1v) is 10.1. The van der Waals surface area contributed by atoms with Crippen LogP contribution in [0.4, 0.5) is 0 Å². The molecule has 1 amide bonds. The second-order valence-electron chi connectivity index (χ2n) is 6.95. The van der Waals surface area contributed by atoms with Gasteiger partial charge in [-0.05, 0) is 57.0 Å². The standard InChI is InChI=1S/C21H30N2O3S/c1-15(2)22-13-21(24)23(14-18-8-6-16(3)27-18)11-10-17-7-9-19(25-4)20(12-17)26-5/h6-9,12,15,22H,10-11,13-14H2,1-5H3/p+1. The molecule has 0 unspecified atom stereocenters. The third kappa shape index (κ3) is 6.56. The lowest BCUT2D eigenvalue weighted by molar-refractivity contribution is -0.673. The minimum absolute atomic E-state index is 0.176. The maximum Gasteiger partial charge on any atom is 0.278 e. The monoisotopic (exact) mass is 391 g/mol. The quantitative estimate of drug-likeness (QED) is 0.677. The van der Waals surface area contributed by atoms with Crippen molar-refractivity contribution in [2.45, 2.75) is 39.8 Å². The number of nitrogens with zero attached hydrogens (tertiary/aromatic N) is 1. The van der Waals surface area contributed by atoms with Crippen LogP contribution in [-0.4, -0.2) is 44.2 Å². The smallest absolute Gasteiger partial charge is 0.278 e. The number of carbonyl (C=O) groups is 1. The summed E-state index contributed by atoms with van der Waals surface area (Å²) in [4.78, 5) is 17.2. The molecule has 1 aromatic heterocycles. The fourth-order valence-corrected chi connectivity index (χ4v) is 3.72. The van der Waals surface area contributed by atoms with Crippen LogP contribution in [0.15, 0.2) is 30.3 Å². The number of methoxy groups -OCH3 is 2. The minimum atomic E-state index is 0.176. The van der Waals surface area contributed by atoms with Gasteiger partial charge in [-0.2, -0.15) is 0 Å². The van der Waals surface area contributed by atoms with Crippen molar-refractivity contribution in [3.63, 3.8) is 0 Å². The van der Waals surface area contributed by atoms with Crippen LogP contribution in [0, 0.1) is 6.92 Å². The molecule has 0 aliphatic rings. The van der Waals surface area contributed by atoms with E-state index in [4.69, 9.17) is 9.47 Å². The average Bonchev–Trinajstić information content (AvgIpc) is 3.07. The van der Waals surface area contributed by atoms with E-state index in [0.717, 1.165) is 23.5 Å². The van der Waals surface area contributed by atoms with Crippen molar-refractivity contribution in [1.82, 2.24) is 4.90 Å². The van der Waals surface area contributed by atoms with E-state index in [1.165, 1.54) is 9.75 Å². The molecule has 0 spiro atoms. The van der Waals surface area contributed by atoms with Crippen LogP contribution in [0.1, 0.15) is 29.2 Å². The van der Waals surface area contributed by atoms with E-state index < -0.39 is 0 Å². The lowest BCUT2D eigenvalue weighted by atomic mass is 10.1. The summed E-state index contributed by atoms with van der Waals surface area (Å²) in [5.74, 6) is 1.61. The number of benzene rings is 1. The van der Waals surface area contributed by atoms with Crippen molar-refractivity contribution >= 4 is 17.2 Å². The molecule has 0 aliphatic carbocycles. The predicted molar refractivity (Wildman–Crippen MR) is 110 cm³/mol. The highest BCUT2D eigenvalue weighted by atomic mass is 32.1. The largest absolute Gasteiger partial charge is 0.493 e. The van der Waals surface area contributed by atoms with Crippen LogP contribution in [-0.2, 0) is 17.8 Å². The van der Waals surface area contributed by atoms with Crippen molar-refractivity contribution in [3.8, 4) is 11.5 Å². The summed E-state index contributed by atoms with van der Waals surface area (Å²) in [5.41, 5.74) is 1.13. The van der Waals surface area contributed by atoms with Crippen LogP contribution in [0.3, 0.4) is 0 Å². The maximum absolute atomic E-state index is 12.8. The number of nitrogens with two attached hydrogens (primary N) is 1. The molecule has 0 aliphatic heterocycles. The Hall–Kier alpha value is -2.05. The molecule has 0 radical (unpaired) electrons. The zero-order chi connectivity index (χ0) is 19.8. The zero-order valence-electron chi connectivity index (χ0n) is 17.0. The van der Waals surface area contributed by atoms with Gasteiger partial charge in [0, 0.05) is 16.3 Å². The highest BCUT2D eigenvalue weighted by molar-refractivity contribution is 7.11. The Bertz CT molecular complexity index is 743. The Morgan fingerprint density at radius 1 is 1.15 bits per heavy atom. The van der Waals surface area contributed by atoms with E-state index in [1.54, 1.807) is 25.6 Å². The summed E-state index contributed by atoms with van der Waals surface area (Å²) in [5, 5.41) is 2.07. The summed E-state index contributed by atoms with van der Waals surface area (Å²) in [6.45, 7) is 8.12. The molecular weight excluding hydrogens is 360 g/mol. The first-order valence-electron chi connectivity index (χ1n) is 9.30. The Kier molecular flexibility index (Phi) is 8.13. The van der Waals surface area contributed by atoms with E-state index >= 15 is 0 Å². The van der Waals surface area contributed by atoms with Gasteiger partial charge in [0.25, 0.3) is 5.91 Å². The Labute approximate surface area is 166 Å². The van der Waals surface area contributed by atoms with Gasteiger partial charge in [0.05, 0.1) is 26.8 Å². The molecule has 6 heteroatoms. The van der Waals surface area contributed by atoms with Gasteiger partial charge >= 0.3 is 0 Å². The number of quaternary nitrogens is 1.